The number of carboxylic acid groups (broad SMARTS) is 1. The number of methoxy groups -OCH3 is 1. The van der Waals surface area contributed by atoms with Gasteiger partial charge in [0, 0.05) is 55.5 Å². The monoisotopic (exact) mass is 576 g/mol. The molecule has 0 amide bonds. The van der Waals surface area contributed by atoms with Crippen LogP contribution in [-0.4, -0.2) is 58.7 Å². The van der Waals surface area contributed by atoms with Crippen LogP contribution in [0.5, 0.6) is 0 Å². The number of aliphatic carboxylic acids is 1. The molecule has 41 heavy (non-hydrogen) atoms. The largest absolute Gasteiger partial charge is 0.481 e. The third-order valence-corrected chi connectivity index (χ3v) is 7.86. The van der Waals surface area contributed by atoms with E-state index in [0.717, 1.165) is 58.2 Å². The van der Waals surface area contributed by atoms with Crippen molar-refractivity contribution >= 4 is 34.3 Å². The van der Waals surface area contributed by atoms with Gasteiger partial charge in [-0.25, -0.2) is 14.4 Å². The lowest BCUT2D eigenvalue weighted by Gasteiger charge is -2.44. The highest BCUT2D eigenvalue weighted by molar-refractivity contribution is 6.30. The average Bonchev–Trinajstić information content (AvgIpc) is 2.97. The number of hydrogen-bond donors (Lipinski definition) is 1. The summed E-state index contributed by atoms with van der Waals surface area (Å²) in [6.07, 6.45) is 1.64. The number of unbranched alkanes of at least 4 members (excludes halogenated alkanes) is 1. The Bertz CT molecular complexity index is 1500. The van der Waals surface area contributed by atoms with E-state index in [4.69, 9.17) is 31.4 Å². The van der Waals surface area contributed by atoms with Crippen LogP contribution in [0.2, 0.25) is 5.02 Å². The summed E-state index contributed by atoms with van der Waals surface area (Å²) in [5, 5.41) is 9.77. The normalized spacial score (nSPS) is 16.7. The van der Waals surface area contributed by atoms with Crippen molar-refractivity contribution in [1.82, 2.24) is 14.9 Å². The number of hydrogen-bond acceptors (Lipinski definition) is 6. The first-order valence-corrected chi connectivity index (χ1v) is 14.3. The van der Waals surface area contributed by atoms with E-state index in [0.29, 0.717) is 25.0 Å². The molecule has 0 aliphatic carbocycles. The molecule has 9 heteroatoms. The summed E-state index contributed by atoms with van der Waals surface area (Å²) < 4.78 is 19.7. The second-order valence-electron chi connectivity index (χ2n) is 10.5. The molecule has 214 valence electrons. The molecule has 0 radical (unpaired) electrons. The lowest BCUT2D eigenvalue weighted by Crippen LogP contribution is -2.53. The molecular weight excluding hydrogens is 543 g/mol. The predicted octanol–water partition coefficient (Wildman–Crippen LogP) is 6.74. The van der Waals surface area contributed by atoms with Gasteiger partial charge in [0.15, 0.2) is 0 Å². The van der Waals surface area contributed by atoms with Gasteiger partial charge in [-0.3, -0.25) is 9.69 Å². The summed E-state index contributed by atoms with van der Waals surface area (Å²) in [5.41, 5.74) is 5.87. The van der Waals surface area contributed by atoms with Crippen LogP contribution < -0.4 is 4.90 Å². The molecule has 4 aromatic rings. The van der Waals surface area contributed by atoms with Crippen LogP contribution in [0.4, 0.5) is 10.1 Å². The molecule has 1 aromatic heterocycles. The van der Waals surface area contributed by atoms with Gasteiger partial charge in [-0.15, -0.1) is 0 Å². The van der Waals surface area contributed by atoms with Crippen LogP contribution in [0.15, 0.2) is 66.7 Å². The van der Waals surface area contributed by atoms with E-state index in [1.807, 2.05) is 30.3 Å². The summed E-state index contributed by atoms with van der Waals surface area (Å²) in [6, 6.07) is 20.4. The standard InChI is InChI=1S/C32H34ClFN4O3/c1-21-20-37(26-14-10-24(33)11-15-26)17-18-38(21)32(41-2)23-9-16-27-29(19-23)35-28(5-3-4-6-30(39)40)31(36-27)22-7-12-25(34)13-8-22/h7-16,19,21,32H,3-6,17-18,20H2,1-2H3,(H,39,40)/t21-,32?/m1/s1. The fourth-order valence-corrected chi connectivity index (χ4v) is 5.64. The number of nitrogens with zero attached hydrogens (tertiary/aromatic N) is 4. The molecule has 0 saturated carbocycles. The molecule has 1 unspecified atom stereocenters. The van der Waals surface area contributed by atoms with Gasteiger partial charge in [0.05, 0.1) is 22.4 Å². The molecule has 0 spiro atoms. The van der Waals surface area contributed by atoms with Gasteiger partial charge in [-0.1, -0.05) is 17.7 Å². The van der Waals surface area contributed by atoms with Crippen molar-refractivity contribution in [1.29, 1.82) is 0 Å². The highest BCUT2D eigenvalue weighted by Crippen LogP contribution is 2.31. The second kappa shape index (κ2) is 12.9. The minimum atomic E-state index is -0.813. The predicted molar refractivity (Wildman–Crippen MR) is 160 cm³/mol. The Morgan fingerprint density at radius 2 is 1.80 bits per heavy atom. The minimum Gasteiger partial charge on any atom is -0.481 e. The summed E-state index contributed by atoms with van der Waals surface area (Å²) in [5.74, 6) is -1.13. The SMILES string of the molecule is COC(c1ccc2nc(-c3ccc(F)cc3)c(CCCCC(=O)O)nc2c1)N1CCN(c2ccc(Cl)cc2)C[C@H]1C. The number of aromatic nitrogens is 2. The quantitative estimate of drug-likeness (QED) is 0.209. The Labute approximate surface area is 244 Å². The first-order chi connectivity index (χ1) is 19.8. The summed E-state index contributed by atoms with van der Waals surface area (Å²) >= 11 is 6.08. The molecule has 2 atom stereocenters. The third-order valence-electron chi connectivity index (χ3n) is 7.61. The average molecular weight is 577 g/mol. The molecule has 1 aliphatic heterocycles. The van der Waals surface area contributed by atoms with E-state index < -0.39 is 5.97 Å². The molecule has 2 heterocycles. The Hall–Kier alpha value is -3.59. The van der Waals surface area contributed by atoms with Crippen LogP contribution >= 0.6 is 11.6 Å². The van der Waals surface area contributed by atoms with Gasteiger partial charge in [0.1, 0.15) is 12.0 Å². The number of anilines is 1. The van der Waals surface area contributed by atoms with Crippen molar-refractivity contribution in [2.24, 2.45) is 0 Å². The van der Waals surface area contributed by atoms with Crippen LogP contribution in [0, 0.1) is 5.82 Å². The highest BCUT2D eigenvalue weighted by Gasteiger charge is 2.31. The number of rotatable bonds is 10. The third kappa shape index (κ3) is 6.84. The molecule has 1 N–H and O–H groups in total. The van der Waals surface area contributed by atoms with Crippen LogP contribution in [0.3, 0.4) is 0 Å². The zero-order valence-corrected chi connectivity index (χ0v) is 24.0. The van der Waals surface area contributed by atoms with E-state index >= 15 is 0 Å². The Balaban J connectivity index is 1.41. The Kier molecular flexibility index (Phi) is 9.12. The fraction of sp³-hybridized carbons (Fsp3) is 0.344. The maximum atomic E-state index is 13.6. The lowest BCUT2D eigenvalue weighted by molar-refractivity contribution is -0.137. The van der Waals surface area contributed by atoms with Gasteiger partial charge < -0.3 is 14.7 Å². The van der Waals surface area contributed by atoms with E-state index in [1.54, 1.807) is 19.2 Å². The first kappa shape index (κ1) is 28.9. The topological polar surface area (TPSA) is 78.8 Å². The van der Waals surface area contributed by atoms with E-state index in [2.05, 4.69) is 28.9 Å². The molecule has 1 fully saturated rings. The molecule has 1 saturated heterocycles. The summed E-state index contributed by atoms with van der Waals surface area (Å²) in [4.78, 5) is 25.6. The van der Waals surface area contributed by atoms with E-state index in [1.165, 1.54) is 12.1 Å². The number of halogens is 2. The fourth-order valence-electron chi connectivity index (χ4n) is 5.51. The Morgan fingerprint density at radius 3 is 2.49 bits per heavy atom. The van der Waals surface area contributed by atoms with Crippen molar-refractivity contribution in [3.63, 3.8) is 0 Å². The van der Waals surface area contributed by atoms with Crippen LogP contribution in [0.1, 0.15) is 43.7 Å². The minimum absolute atomic E-state index is 0.107. The number of benzene rings is 3. The number of carboxylic acids is 1. The van der Waals surface area contributed by atoms with Crippen LogP contribution in [-0.2, 0) is 16.0 Å². The Morgan fingerprint density at radius 1 is 1.05 bits per heavy atom. The summed E-state index contributed by atoms with van der Waals surface area (Å²) in [7, 11) is 1.73. The zero-order chi connectivity index (χ0) is 28.9. The van der Waals surface area contributed by atoms with Gasteiger partial charge in [-0.2, -0.15) is 0 Å². The molecule has 0 bridgehead atoms. The maximum Gasteiger partial charge on any atom is 0.303 e. The van der Waals surface area contributed by atoms with Gasteiger partial charge in [0.25, 0.3) is 0 Å². The maximum absolute atomic E-state index is 13.6. The van der Waals surface area contributed by atoms with Gasteiger partial charge in [-0.05, 0) is 92.4 Å². The highest BCUT2D eigenvalue weighted by atomic mass is 35.5. The lowest BCUT2D eigenvalue weighted by atomic mass is 10.0. The van der Waals surface area contributed by atoms with Gasteiger partial charge >= 0.3 is 5.97 Å². The van der Waals surface area contributed by atoms with Crippen molar-refractivity contribution in [3.8, 4) is 11.3 Å². The number of piperazine rings is 1. The number of fused-ring (bicyclic) bond motifs is 1. The molecule has 1 aliphatic rings. The molecule has 3 aromatic carbocycles. The van der Waals surface area contributed by atoms with Crippen LogP contribution in [0.25, 0.3) is 22.3 Å². The van der Waals surface area contributed by atoms with Crippen molar-refractivity contribution in [3.05, 3.63) is 88.8 Å². The molecule has 5 rings (SSSR count). The number of carbonyl (C=O) groups is 1. The smallest absolute Gasteiger partial charge is 0.303 e. The second-order valence-corrected chi connectivity index (χ2v) is 10.9. The van der Waals surface area contributed by atoms with Crippen molar-refractivity contribution < 1.29 is 19.0 Å². The summed E-state index contributed by atoms with van der Waals surface area (Å²) in [6.45, 7) is 4.75. The number of ether oxygens (including phenoxy) is 1. The van der Waals surface area contributed by atoms with Crippen molar-refractivity contribution in [2.45, 2.75) is 44.9 Å². The first-order valence-electron chi connectivity index (χ1n) is 13.9. The number of aryl methyl sites for hydroxylation is 1. The molecular formula is C32H34ClFN4O3. The molecule has 7 nitrogen and oxygen atoms in total. The zero-order valence-electron chi connectivity index (χ0n) is 23.3. The van der Waals surface area contributed by atoms with E-state index in [-0.39, 0.29) is 24.5 Å². The van der Waals surface area contributed by atoms with E-state index in [9.17, 15) is 9.18 Å². The van der Waals surface area contributed by atoms with Gasteiger partial charge in [0.2, 0.25) is 0 Å². The van der Waals surface area contributed by atoms with Crippen molar-refractivity contribution in [2.75, 3.05) is 31.6 Å².